The second kappa shape index (κ2) is 2.57. The number of aliphatic carboxylic acids is 1. The number of aliphatic imine (C=N–C) groups is 1. The van der Waals surface area contributed by atoms with Crippen LogP contribution >= 0.6 is 0 Å². The molecule has 0 aliphatic carbocycles. The molecule has 0 fully saturated rings. The molecule has 1 N–H and O–H groups in total. The van der Waals surface area contributed by atoms with Gasteiger partial charge in [-0.15, -0.1) is 0 Å². The molecule has 1 heterocycles. The highest BCUT2D eigenvalue weighted by Gasteiger charge is 2.21. The molecule has 1 aliphatic heterocycles. The largest absolute Gasteiger partial charge is 0.846 e. The Morgan fingerprint density at radius 1 is 1.73 bits per heavy atom. The van der Waals surface area contributed by atoms with Crippen molar-refractivity contribution in [3.63, 3.8) is 0 Å². The molecule has 1 aliphatic rings. The summed E-state index contributed by atoms with van der Waals surface area (Å²) in [5.74, 6) is -2.08. The monoisotopic (exact) mass is 156 g/mol. The fraction of sp³-hybridized carbons (Fsp3) is 0.400. The SMILES string of the molecule is O=C([O-])CC1N=C([O-])NC1=O. The Hall–Kier alpha value is -1.59. The van der Waals surface area contributed by atoms with Gasteiger partial charge in [-0.1, -0.05) is 0 Å². The highest BCUT2D eigenvalue weighted by atomic mass is 16.4. The smallest absolute Gasteiger partial charge is 0.249 e. The number of nitrogens with one attached hydrogen (secondary N) is 1. The highest BCUT2D eigenvalue weighted by Crippen LogP contribution is 2.01. The summed E-state index contributed by atoms with van der Waals surface area (Å²) in [7, 11) is 0. The van der Waals surface area contributed by atoms with Crippen molar-refractivity contribution < 1.29 is 19.8 Å². The highest BCUT2D eigenvalue weighted by molar-refractivity contribution is 6.02. The van der Waals surface area contributed by atoms with E-state index in [1.165, 1.54) is 0 Å². The average Bonchev–Trinajstić information content (AvgIpc) is 2.09. The van der Waals surface area contributed by atoms with E-state index >= 15 is 0 Å². The van der Waals surface area contributed by atoms with Crippen molar-refractivity contribution in [2.75, 3.05) is 0 Å². The second-order valence-corrected chi connectivity index (χ2v) is 2.02. The summed E-state index contributed by atoms with van der Waals surface area (Å²) < 4.78 is 0. The van der Waals surface area contributed by atoms with Gasteiger partial charge in [0.2, 0.25) is 5.91 Å². The average molecular weight is 156 g/mol. The van der Waals surface area contributed by atoms with Crippen molar-refractivity contribution in [3.05, 3.63) is 0 Å². The van der Waals surface area contributed by atoms with Crippen molar-refractivity contribution in [2.45, 2.75) is 12.5 Å². The summed E-state index contributed by atoms with van der Waals surface area (Å²) in [5, 5.41) is 22.1. The fourth-order valence-corrected chi connectivity index (χ4v) is 0.717. The second-order valence-electron chi connectivity index (χ2n) is 2.02. The zero-order valence-corrected chi connectivity index (χ0v) is 5.36. The molecular weight excluding hydrogens is 152 g/mol. The first-order chi connectivity index (χ1) is 5.09. The first kappa shape index (κ1) is 7.52. The number of hydrogen-bond donors (Lipinski definition) is 1. The minimum absolute atomic E-state index is 0.544. The summed E-state index contributed by atoms with van der Waals surface area (Å²) in [6.07, 6.45) is -0.544. The third-order valence-electron chi connectivity index (χ3n) is 1.17. The molecule has 0 bridgehead atoms. The van der Waals surface area contributed by atoms with E-state index in [-0.39, 0.29) is 0 Å². The molecule has 0 aromatic carbocycles. The molecule has 0 radical (unpaired) electrons. The van der Waals surface area contributed by atoms with Crippen molar-refractivity contribution in [1.29, 1.82) is 0 Å². The van der Waals surface area contributed by atoms with Crippen molar-refractivity contribution >= 4 is 17.9 Å². The lowest BCUT2D eigenvalue weighted by Gasteiger charge is -2.03. The standard InChI is InChI=1S/C5H6N2O4/c8-3(9)1-2-4(10)7-5(11)6-2/h2H,1H2,(H,8,9)(H2,6,7,10,11)/p-2. The van der Waals surface area contributed by atoms with Gasteiger partial charge in [-0.25, -0.2) is 0 Å². The van der Waals surface area contributed by atoms with Gasteiger partial charge in [-0.3, -0.25) is 9.79 Å². The molecule has 11 heavy (non-hydrogen) atoms. The number of carboxylic acids is 1. The van der Waals surface area contributed by atoms with Crippen LogP contribution < -0.4 is 15.5 Å². The van der Waals surface area contributed by atoms with Crippen LogP contribution in [0.1, 0.15) is 6.42 Å². The third-order valence-corrected chi connectivity index (χ3v) is 1.17. The van der Waals surface area contributed by atoms with Gasteiger partial charge in [0.15, 0.2) is 0 Å². The van der Waals surface area contributed by atoms with E-state index < -0.39 is 30.4 Å². The topological polar surface area (TPSA) is 105 Å². The van der Waals surface area contributed by atoms with Gasteiger partial charge in [0, 0.05) is 12.4 Å². The number of rotatable bonds is 2. The molecule has 0 saturated carbocycles. The maximum atomic E-state index is 10.6. The first-order valence-corrected chi connectivity index (χ1v) is 2.85. The Kier molecular flexibility index (Phi) is 1.75. The fourth-order valence-electron chi connectivity index (χ4n) is 0.717. The molecule has 6 nitrogen and oxygen atoms in total. The number of carbonyl (C=O) groups excluding carboxylic acids is 2. The van der Waals surface area contributed by atoms with Gasteiger partial charge >= 0.3 is 0 Å². The van der Waals surface area contributed by atoms with Gasteiger partial charge in [0.1, 0.15) is 6.04 Å². The summed E-state index contributed by atoms with van der Waals surface area (Å²) in [6.45, 7) is 0. The Morgan fingerprint density at radius 3 is 2.73 bits per heavy atom. The lowest BCUT2D eigenvalue weighted by Crippen LogP contribution is -2.37. The molecule has 0 aromatic rings. The van der Waals surface area contributed by atoms with Crippen LogP contribution in [0.2, 0.25) is 0 Å². The van der Waals surface area contributed by atoms with Crippen LogP contribution in [-0.4, -0.2) is 23.9 Å². The molecule has 1 unspecified atom stereocenters. The minimum atomic E-state index is -1.40. The van der Waals surface area contributed by atoms with Gasteiger partial charge in [0.05, 0.1) is 6.02 Å². The quantitative estimate of drug-likeness (QED) is 0.444. The van der Waals surface area contributed by atoms with Crippen LogP contribution in [-0.2, 0) is 9.59 Å². The molecule has 1 atom stereocenters. The van der Waals surface area contributed by atoms with E-state index in [0.29, 0.717) is 0 Å². The Bertz CT molecular complexity index is 235. The van der Waals surface area contributed by atoms with Gasteiger partial charge in [0.25, 0.3) is 0 Å². The maximum Gasteiger partial charge on any atom is 0.249 e. The Balaban J connectivity index is 2.59. The van der Waals surface area contributed by atoms with Gasteiger partial charge in [-0.05, 0) is 0 Å². The van der Waals surface area contributed by atoms with E-state index in [4.69, 9.17) is 0 Å². The predicted molar refractivity (Wildman–Crippen MR) is 29.0 cm³/mol. The summed E-state index contributed by atoms with van der Waals surface area (Å²) in [6, 6.07) is -1.89. The summed E-state index contributed by atoms with van der Waals surface area (Å²) >= 11 is 0. The third kappa shape index (κ3) is 1.66. The molecule has 0 aromatic heterocycles. The maximum absolute atomic E-state index is 10.6. The van der Waals surface area contributed by atoms with E-state index in [1.807, 2.05) is 5.32 Å². The van der Waals surface area contributed by atoms with E-state index in [0.717, 1.165) is 0 Å². The molecule has 6 heteroatoms. The zero-order chi connectivity index (χ0) is 8.43. The zero-order valence-electron chi connectivity index (χ0n) is 5.36. The van der Waals surface area contributed by atoms with Crippen molar-refractivity contribution in [2.24, 2.45) is 4.99 Å². The summed E-state index contributed by atoms with van der Waals surface area (Å²) in [4.78, 5) is 23.7. The number of hydrogen-bond acceptors (Lipinski definition) is 5. The van der Waals surface area contributed by atoms with E-state index in [1.54, 1.807) is 0 Å². The van der Waals surface area contributed by atoms with Crippen LogP contribution in [0.4, 0.5) is 0 Å². The molecule has 1 amide bonds. The molecule has 0 spiro atoms. The number of carbonyl (C=O) groups is 2. The van der Waals surface area contributed by atoms with Crippen molar-refractivity contribution in [3.8, 4) is 0 Å². The minimum Gasteiger partial charge on any atom is -0.846 e. The van der Waals surface area contributed by atoms with Crippen LogP contribution in [0.5, 0.6) is 0 Å². The Labute approximate surface area is 61.5 Å². The molecule has 1 rings (SSSR count). The normalized spacial score (nSPS) is 22.7. The lowest BCUT2D eigenvalue weighted by molar-refractivity contribution is -0.305. The summed E-state index contributed by atoms with van der Waals surface area (Å²) in [5.41, 5.74) is 0. The van der Waals surface area contributed by atoms with Crippen LogP contribution in [0, 0.1) is 0 Å². The predicted octanol–water partition coefficient (Wildman–Crippen LogP) is -3.66. The van der Waals surface area contributed by atoms with Crippen LogP contribution in [0.25, 0.3) is 0 Å². The van der Waals surface area contributed by atoms with Crippen molar-refractivity contribution in [1.82, 2.24) is 5.32 Å². The number of amidine groups is 1. The van der Waals surface area contributed by atoms with Gasteiger partial charge in [-0.2, -0.15) is 0 Å². The van der Waals surface area contributed by atoms with E-state index in [2.05, 4.69) is 4.99 Å². The molecular formula is C5H4N2O4-2. The van der Waals surface area contributed by atoms with Gasteiger partial charge < -0.3 is 20.3 Å². The number of nitrogens with zero attached hydrogens (tertiary/aromatic N) is 1. The number of carboxylic acid groups (broad SMARTS) is 1. The van der Waals surface area contributed by atoms with E-state index in [9.17, 15) is 19.8 Å². The van der Waals surface area contributed by atoms with Crippen LogP contribution in [0.3, 0.4) is 0 Å². The Morgan fingerprint density at radius 2 is 2.36 bits per heavy atom. The number of amides is 1. The molecule has 60 valence electrons. The first-order valence-electron chi connectivity index (χ1n) is 2.85. The lowest BCUT2D eigenvalue weighted by atomic mass is 10.2. The molecule has 0 saturated heterocycles. The van der Waals surface area contributed by atoms with Crippen LogP contribution in [0.15, 0.2) is 4.99 Å².